The Bertz CT molecular complexity index is 967. The van der Waals surface area contributed by atoms with Crippen LogP contribution in [-0.2, 0) is 17.8 Å². The molecule has 1 N–H and O–H groups in total. The Morgan fingerprint density at radius 1 is 1.25 bits per heavy atom. The van der Waals surface area contributed by atoms with Crippen LogP contribution in [0, 0.1) is 0 Å². The van der Waals surface area contributed by atoms with E-state index in [0.29, 0.717) is 23.8 Å². The standard InChI is InChI=1S/C21H21N3O2S2/c1-2-16(14-6-4-3-5-7-14)20(26)24-10-8-17-18(12-24)28-21(22-17)23-19(25)15-9-11-27-13-15/h3-7,9,11,13,16H,2,8,10,12H2,1H3,(H,22,23,25). The van der Waals surface area contributed by atoms with Crippen molar-refractivity contribution in [2.24, 2.45) is 0 Å². The average molecular weight is 412 g/mol. The van der Waals surface area contributed by atoms with E-state index >= 15 is 0 Å². The minimum Gasteiger partial charge on any atom is -0.337 e. The molecular weight excluding hydrogens is 390 g/mol. The molecule has 28 heavy (non-hydrogen) atoms. The Morgan fingerprint density at radius 3 is 2.79 bits per heavy atom. The van der Waals surface area contributed by atoms with Gasteiger partial charge in [0.1, 0.15) is 0 Å². The minimum atomic E-state index is -0.143. The fourth-order valence-electron chi connectivity index (χ4n) is 3.46. The molecule has 1 aromatic carbocycles. The number of amides is 2. The number of nitrogens with one attached hydrogen (secondary N) is 1. The summed E-state index contributed by atoms with van der Waals surface area (Å²) in [4.78, 5) is 32.9. The third-order valence-electron chi connectivity index (χ3n) is 4.96. The van der Waals surface area contributed by atoms with Gasteiger partial charge < -0.3 is 4.90 Å². The molecule has 0 fully saturated rings. The van der Waals surface area contributed by atoms with Crippen LogP contribution >= 0.6 is 22.7 Å². The van der Waals surface area contributed by atoms with E-state index in [1.165, 1.54) is 22.7 Å². The molecular formula is C21H21N3O2S2. The summed E-state index contributed by atoms with van der Waals surface area (Å²) in [6.07, 6.45) is 1.49. The maximum atomic E-state index is 13.1. The molecule has 4 rings (SSSR count). The zero-order valence-electron chi connectivity index (χ0n) is 15.6. The van der Waals surface area contributed by atoms with E-state index in [-0.39, 0.29) is 17.7 Å². The Morgan fingerprint density at radius 2 is 2.07 bits per heavy atom. The molecule has 0 radical (unpaired) electrons. The molecule has 2 amide bonds. The number of hydrogen-bond donors (Lipinski definition) is 1. The topological polar surface area (TPSA) is 62.3 Å². The maximum absolute atomic E-state index is 13.1. The van der Waals surface area contributed by atoms with Crippen molar-refractivity contribution >= 4 is 39.6 Å². The lowest BCUT2D eigenvalue weighted by Gasteiger charge is -2.29. The van der Waals surface area contributed by atoms with Crippen molar-refractivity contribution in [1.82, 2.24) is 9.88 Å². The maximum Gasteiger partial charge on any atom is 0.258 e. The van der Waals surface area contributed by atoms with Gasteiger partial charge in [0.05, 0.1) is 23.7 Å². The number of hydrogen-bond acceptors (Lipinski definition) is 5. The van der Waals surface area contributed by atoms with E-state index < -0.39 is 0 Å². The van der Waals surface area contributed by atoms with E-state index in [9.17, 15) is 9.59 Å². The minimum absolute atomic E-state index is 0.117. The Balaban J connectivity index is 1.46. The van der Waals surface area contributed by atoms with Crippen molar-refractivity contribution in [3.05, 3.63) is 68.9 Å². The van der Waals surface area contributed by atoms with E-state index in [0.717, 1.165) is 29.0 Å². The van der Waals surface area contributed by atoms with Crippen LogP contribution < -0.4 is 5.32 Å². The lowest BCUT2D eigenvalue weighted by molar-refractivity contribution is -0.133. The second kappa shape index (κ2) is 8.24. The van der Waals surface area contributed by atoms with Crippen molar-refractivity contribution in [2.75, 3.05) is 11.9 Å². The largest absolute Gasteiger partial charge is 0.337 e. The van der Waals surface area contributed by atoms with Crippen LogP contribution in [0.1, 0.15) is 45.8 Å². The summed E-state index contributed by atoms with van der Waals surface area (Å²) >= 11 is 2.95. The van der Waals surface area contributed by atoms with Crippen LogP contribution in [0.25, 0.3) is 0 Å². The van der Waals surface area contributed by atoms with E-state index in [4.69, 9.17) is 0 Å². The highest BCUT2D eigenvalue weighted by Gasteiger charge is 2.29. The summed E-state index contributed by atoms with van der Waals surface area (Å²) in [5.41, 5.74) is 2.69. The highest BCUT2D eigenvalue weighted by Crippen LogP contribution is 2.31. The Kier molecular flexibility index (Phi) is 5.54. The zero-order chi connectivity index (χ0) is 19.5. The van der Waals surface area contributed by atoms with Crippen LogP contribution in [-0.4, -0.2) is 28.2 Å². The van der Waals surface area contributed by atoms with E-state index in [1.807, 2.05) is 46.0 Å². The smallest absolute Gasteiger partial charge is 0.258 e. The summed E-state index contributed by atoms with van der Waals surface area (Å²) in [6.45, 7) is 3.27. The van der Waals surface area contributed by atoms with Crippen molar-refractivity contribution in [2.45, 2.75) is 32.2 Å². The van der Waals surface area contributed by atoms with Gasteiger partial charge in [-0.05, 0) is 23.4 Å². The molecule has 0 saturated heterocycles. The number of carbonyl (C=O) groups is 2. The van der Waals surface area contributed by atoms with Gasteiger partial charge in [-0.1, -0.05) is 48.6 Å². The number of carbonyl (C=O) groups excluding carboxylic acids is 2. The predicted octanol–water partition coefficient (Wildman–Crippen LogP) is 4.54. The first-order chi connectivity index (χ1) is 13.7. The number of thiazole rings is 1. The van der Waals surface area contributed by atoms with Gasteiger partial charge in [-0.2, -0.15) is 11.3 Å². The first-order valence-corrected chi connectivity index (χ1v) is 11.1. The van der Waals surface area contributed by atoms with Gasteiger partial charge in [0.15, 0.2) is 5.13 Å². The summed E-state index contributed by atoms with van der Waals surface area (Å²) in [5.74, 6) is -0.0968. The van der Waals surface area contributed by atoms with Gasteiger partial charge in [-0.3, -0.25) is 14.9 Å². The van der Waals surface area contributed by atoms with Crippen molar-refractivity contribution in [1.29, 1.82) is 0 Å². The van der Waals surface area contributed by atoms with Crippen molar-refractivity contribution in [3.8, 4) is 0 Å². The van der Waals surface area contributed by atoms with Gasteiger partial charge in [0.25, 0.3) is 5.91 Å². The lowest BCUT2D eigenvalue weighted by atomic mass is 9.94. The summed E-state index contributed by atoms with van der Waals surface area (Å²) < 4.78 is 0. The molecule has 5 nitrogen and oxygen atoms in total. The number of thiophene rings is 1. The predicted molar refractivity (Wildman–Crippen MR) is 113 cm³/mol. The third-order valence-corrected chi connectivity index (χ3v) is 6.64. The van der Waals surface area contributed by atoms with Crippen molar-refractivity contribution in [3.63, 3.8) is 0 Å². The van der Waals surface area contributed by atoms with Gasteiger partial charge >= 0.3 is 0 Å². The molecule has 0 bridgehead atoms. The fraction of sp³-hybridized carbons (Fsp3) is 0.286. The van der Waals surface area contributed by atoms with Gasteiger partial charge in [-0.15, -0.1) is 0 Å². The lowest BCUT2D eigenvalue weighted by Crippen LogP contribution is -2.38. The summed E-state index contributed by atoms with van der Waals surface area (Å²) in [7, 11) is 0. The van der Waals surface area contributed by atoms with Crippen LogP contribution in [0.15, 0.2) is 47.2 Å². The molecule has 1 atom stereocenters. The van der Waals surface area contributed by atoms with Gasteiger partial charge in [-0.25, -0.2) is 4.98 Å². The van der Waals surface area contributed by atoms with Gasteiger partial charge in [0.2, 0.25) is 5.91 Å². The number of benzene rings is 1. The second-order valence-corrected chi connectivity index (χ2v) is 8.60. The molecule has 1 aliphatic heterocycles. The Hall–Kier alpha value is -2.51. The van der Waals surface area contributed by atoms with E-state index in [1.54, 1.807) is 6.07 Å². The number of nitrogens with zero attached hydrogens (tertiary/aromatic N) is 2. The molecule has 7 heteroatoms. The number of anilines is 1. The average Bonchev–Trinajstić information content (AvgIpc) is 3.38. The number of rotatable bonds is 5. The monoisotopic (exact) mass is 411 g/mol. The summed E-state index contributed by atoms with van der Waals surface area (Å²) in [5, 5.41) is 7.17. The molecule has 2 aromatic heterocycles. The first kappa shape index (κ1) is 18.8. The van der Waals surface area contributed by atoms with Crippen LogP contribution in [0.4, 0.5) is 5.13 Å². The molecule has 1 aliphatic rings. The quantitative estimate of drug-likeness (QED) is 0.671. The highest BCUT2D eigenvalue weighted by atomic mass is 32.1. The van der Waals surface area contributed by atoms with E-state index in [2.05, 4.69) is 17.2 Å². The van der Waals surface area contributed by atoms with Crippen molar-refractivity contribution < 1.29 is 9.59 Å². The molecule has 3 aromatic rings. The Labute approximate surface area is 172 Å². The van der Waals surface area contributed by atoms with Crippen LogP contribution in [0.3, 0.4) is 0 Å². The number of aromatic nitrogens is 1. The molecule has 3 heterocycles. The first-order valence-electron chi connectivity index (χ1n) is 9.31. The molecule has 0 aliphatic carbocycles. The molecule has 0 spiro atoms. The number of fused-ring (bicyclic) bond motifs is 1. The second-order valence-electron chi connectivity index (χ2n) is 6.74. The fourth-order valence-corrected chi connectivity index (χ4v) is 5.11. The normalized spacial score (nSPS) is 14.4. The SMILES string of the molecule is CCC(C(=O)N1CCc2nc(NC(=O)c3ccsc3)sc2C1)c1ccccc1. The summed E-state index contributed by atoms with van der Waals surface area (Å²) in [6, 6.07) is 11.8. The highest BCUT2D eigenvalue weighted by molar-refractivity contribution is 7.16. The third kappa shape index (κ3) is 3.86. The molecule has 1 unspecified atom stereocenters. The zero-order valence-corrected chi connectivity index (χ0v) is 17.2. The van der Waals surface area contributed by atoms with Crippen LogP contribution in [0.5, 0.6) is 0 Å². The van der Waals surface area contributed by atoms with Crippen LogP contribution in [0.2, 0.25) is 0 Å². The molecule has 144 valence electrons. The van der Waals surface area contributed by atoms with Gasteiger partial charge in [0, 0.05) is 23.2 Å². The molecule has 0 saturated carbocycles.